The first kappa shape index (κ1) is 17.0. The molecule has 0 aliphatic heterocycles. The lowest BCUT2D eigenvalue weighted by Gasteiger charge is -2.02. The number of halogens is 1. The number of carbonyl (C=O) groups is 1. The number of benzene rings is 2. The molecule has 0 aliphatic rings. The molecule has 0 atom stereocenters. The van der Waals surface area contributed by atoms with Gasteiger partial charge in [-0.05, 0) is 37.1 Å². The number of rotatable bonds is 4. The van der Waals surface area contributed by atoms with Gasteiger partial charge in [-0.25, -0.2) is 4.39 Å². The number of nitrogens with zero attached hydrogens (tertiary/aromatic N) is 2. The summed E-state index contributed by atoms with van der Waals surface area (Å²) in [6.45, 7) is 4.08. The second-order valence-corrected chi connectivity index (χ2v) is 6.23. The minimum atomic E-state index is -0.511. The third kappa shape index (κ3) is 3.19. The van der Waals surface area contributed by atoms with Crippen LogP contribution in [0.25, 0.3) is 22.6 Å². The maximum Gasteiger partial charge on any atom is 0.309 e. The highest BCUT2D eigenvalue weighted by atomic mass is 19.1. The number of para-hydroxylation sites is 1. The number of carbonyl (C=O) groups excluding carboxylic acids is 1. The van der Waals surface area contributed by atoms with Crippen LogP contribution in [0, 0.1) is 19.7 Å². The predicted molar refractivity (Wildman–Crippen MR) is 96.6 cm³/mol. The summed E-state index contributed by atoms with van der Waals surface area (Å²) in [5.41, 5.74) is 3.38. The molecule has 0 unspecified atom stereocenters. The molecular weight excluding hydrogens is 349 g/mol. The fourth-order valence-electron chi connectivity index (χ4n) is 2.86. The van der Waals surface area contributed by atoms with Crippen LogP contribution in [-0.2, 0) is 6.54 Å². The predicted octanol–water partition coefficient (Wildman–Crippen LogP) is 4.17. The molecule has 0 radical (unpaired) electrons. The quantitative estimate of drug-likeness (QED) is 0.587. The molecule has 0 saturated carbocycles. The molecule has 0 bridgehead atoms. The zero-order valence-electron chi connectivity index (χ0n) is 14.7. The molecule has 0 aliphatic carbocycles. The van der Waals surface area contributed by atoms with Gasteiger partial charge < -0.3 is 14.2 Å². The lowest BCUT2D eigenvalue weighted by atomic mass is 10.1. The summed E-state index contributed by atoms with van der Waals surface area (Å²) in [6.07, 6.45) is 0. The van der Waals surface area contributed by atoms with Gasteiger partial charge in [0, 0.05) is 17.5 Å². The highest BCUT2D eigenvalue weighted by Gasteiger charge is 2.21. The first-order chi connectivity index (χ1) is 13.0. The number of aryl methyl sites for hydroxylation is 2. The van der Waals surface area contributed by atoms with Gasteiger partial charge in [0.2, 0.25) is 0 Å². The minimum Gasteiger partial charge on any atom is -0.450 e. The summed E-state index contributed by atoms with van der Waals surface area (Å²) in [5, 5.41) is 11.4. The Bertz CT molecular complexity index is 1130. The van der Waals surface area contributed by atoms with Crippen LogP contribution in [0.15, 0.2) is 51.3 Å². The van der Waals surface area contributed by atoms with E-state index >= 15 is 0 Å². The van der Waals surface area contributed by atoms with Crippen molar-refractivity contribution < 1.29 is 18.0 Å². The molecule has 27 heavy (non-hydrogen) atoms. The highest BCUT2D eigenvalue weighted by Crippen LogP contribution is 2.33. The number of nitrogens with one attached hydrogen (secondary N) is 1. The van der Waals surface area contributed by atoms with Crippen molar-refractivity contribution in [2.45, 2.75) is 20.4 Å². The SMILES string of the molecule is Cc1c(-c2nnc(C(=O)NCc3ccc(F)cc3)o2)oc2c(C)cccc12. The Labute approximate surface area is 154 Å². The van der Waals surface area contributed by atoms with Crippen LogP contribution < -0.4 is 5.32 Å². The molecule has 7 heteroatoms. The summed E-state index contributed by atoms with van der Waals surface area (Å²) in [4.78, 5) is 12.2. The van der Waals surface area contributed by atoms with Crippen molar-refractivity contribution in [3.8, 4) is 11.7 Å². The fourth-order valence-corrected chi connectivity index (χ4v) is 2.86. The Kier molecular flexibility index (Phi) is 4.19. The van der Waals surface area contributed by atoms with Crippen molar-refractivity contribution in [2.75, 3.05) is 0 Å². The van der Waals surface area contributed by atoms with E-state index in [1.54, 1.807) is 12.1 Å². The lowest BCUT2D eigenvalue weighted by Crippen LogP contribution is -2.23. The molecule has 4 aromatic rings. The van der Waals surface area contributed by atoms with Gasteiger partial charge in [-0.3, -0.25) is 4.79 Å². The van der Waals surface area contributed by atoms with E-state index in [0.29, 0.717) is 5.76 Å². The molecule has 0 saturated heterocycles. The van der Waals surface area contributed by atoms with Gasteiger partial charge in [0.1, 0.15) is 11.4 Å². The van der Waals surface area contributed by atoms with E-state index < -0.39 is 5.91 Å². The minimum absolute atomic E-state index is 0.148. The second-order valence-electron chi connectivity index (χ2n) is 6.23. The molecule has 1 N–H and O–H groups in total. The summed E-state index contributed by atoms with van der Waals surface area (Å²) >= 11 is 0. The van der Waals surface area contributed by atoms with Crippen LogP contribution in [0.3, 0.4) is 0 Å². The van der Waals surface area contributed by atoms with Crippen LogP contribution in [0.4, 0.5) is 4.39 Å². The number of amides is 1. The zero-order chi connectivity index (χ0) is 19.0. The smallest absolute Gasteiger partial charge is 0.309 e. The van der Waals surface area contributed by atoms with Crippen LogP contribution in [0.5, 0.6) is 0 Å². The lowest BCUT2D eigenvalue weighted by molar-refractivity contribution is 0.0916. The van der Waals surface area contributed by atoms with E-state index in [9.17, 15) is 9.18 Å². The molecule has 4 rings (SSSR count). The highest BCUT2D eigenvalue weighted by molar-refractivity contribution is 5.90. The Morgan fingerprint density at radius 2 is 1.85 bits per heavy atom. The molecule has 2 heterocycles. The van der Waals surface area contributed by atoms with E-state index in [4.69, 9.17) is 8.83 Å². The van der Waals surface area contributed by atoms with Crippen molar-refractivity contribution in [1.29, 1.82) is 0 Å². The fraction of sp³-hybridized carbons (Fsp3) is 0.150. The van der Waals surface area contributed by atoms with E-state index in [-0.39, 0.29) is 24.1 Å². The topological polar surface area (TPSA) is 81.2 Å². The van der Waals surface area contributed by atoms with Crippen molar-refractivity contribution in [2.24, 2.45) is 0 Å². The first-order valence-electron chi connectivity index (χ1n) is 8.38. The van der Waals surface area contributed by atoms with Gasteiger partial charge in [-0.1, -0.05) is 30.3 Å². The number of furan rings is 1. The molecular formula is C20H16FN3O3. The largest absolute Gasteiger partial charge is 0.450 e. The summed E-state index contributed by atoms with van der Waals surface area (Å²) in [5.74, 6) is -0.408. The number of hydrogen-bond acceptors (Lipinski definition) is 5. The molecule has 0 spiro atoms. The van der Waals surface area contributed by atoms with Crippen LogP contribution in [0.1, 0.15) is 27.4 Å². The molecule has 136 valence electrons. The number of fused-ring (bicyclic) bond motifs is 1. The molecule has 0 fully saturated rings. The van der Waals surface area contributed by atoms with Crippen molar-refractivity contribution in [3.63, 3.8) is 0 Å². The maximum absolute atomic E-state index is 12.9. The van der Waals surface area contributed by atoms with Crippen molar-refractivity contribution in [1.82, 2.24) is 15.5 Å². The van der Waals surface area contributed by atoms with Gasteiger partial charge in [-0.15, -0.1) is 10.2 Å². The summed E-state index contributed by atoms with van der Waals surface area (Å²) in [6, 6.07) is 11.7. The Morgan fingerprint density at radius 3 is 2.59 bits per heavy atom. The second kappa shape index (κ2) is 6.68. The van der Waals surface area contributed by atoms with Gasteiger partial charge in [0.15, 0.2) is 5.76 Å². The van der Waals surface area contributed by atoms with Gasteiger partial charge in [0.05, 0.1) is 0 Å². The van der Waals surface area contributed by atoms with Crippen molar-refractivity contribution in [3.05, 3.63) is 70.9 Å². The molecule has 1 amide bonds. The Morgan fingerprint density at radius 1 is 1.07 bits per heavy atom. The third-order valence-corrected chi connectivity index (χ3v) is 4.34. The molecule has 2 aromatic carbocycles. The Balaban J connectivity index is 1.54. The van der Waals surface area contributed by atoms with E-state index in [2.05, 4.69) is 15.5 Å². The monoisotopic (exact) mass is 365 g/mol. The standard InChI is InChI=1S/C20H16FN3O3/c1-11-4-3-5-15-12(2)17(26-16(11)15)19-23-24-20(27-19)18(25)22-10-13-6-8-14(21)9-7-13/h3-9H,10H2,1-2H3,(H,22,25). The van der Waals surface area contributed by atoms with Gasteiger partial charge >= 0.3 is 11.8 Å². The van der Waals surface area contributed by atoms with Crippen LogP contribution >= 0.6 is 0 Å². The summed E-state index contributed by atoms with van der Waals surface area (Å²) in [7, 11) is 0. The zero-order valence-corrected chi connectivity index (χ0v) is 14.7. The van der Waals surface area contributed by atoms with E-state index in [0.717, 1.165) is 27.7 Å². The maximum atomic E-state index is 12.9. The molecule has 6 nitrogen and oxygen atoms in total. The van der Waals surface area contributed by atoms with Crippen LogP contribution in [0.2, 0.25) is 0 Å². The normalized spacial score (nSPS) is 11.1. The van der Waals surface area contributed by atoms with Crippen molar-refractivity contribution >= 4 is 16.9 Å². The van der Waals surface area contributed by atoms with Crippen LogP contribution in [-0.4, -0.2) is 16.1 Å². The van der Waals surface area contributed by atoms with E-state index in [1.165, 1.54) is 12.1 Å². The number of hydrogen-bond donors (Lipinski definition) is 1. The van der Waals surface area contributed by atoms with E-state index in [1.807, 2.05) is 32.0 Å². The van der Waals surface area contributed by atoms with Gasteiger partial charge in [-0.2, -0.15) is 0 Å². The average molecular weight is 365 g/mol. The first-order valence-corrected chi connectivity index (χ1v) is 8.38. The average Bonchev–Trinajstić information content (AvgIpc) is 3.27. The summed E-state index contributed by atoms with van der Waals surface area (Å²) < 4.78 is 24.3. The number of aromatic nitrogens is 2. The van der Waals surface area contributed by atoms with Gasteiger partial charge in [0.25, 0.3) is 5.89 Å². The molecule has 2 aromatic heterocycles. The Hall–Kier alpha value is -3.48. The third-order valence-electron chi connectivity index (χ3n) is 4.34.